The molecule has 0 bridgehead atoms. The van der Waals surface area contributed by atoms with Crippen molar-refractivity contribution in [2.75, 3.05) is 0 Å². The Morgan fingerprint density at radius 3 is 2.48 bits per heavy atom. The summed E-state index contributed by atoms with van der Waals surface area (Å²) in [6.07, 6.45) is -1.17. The number of hydrogen-bond donors (Lipinski definition) is 1. The summed E-state index contributed by atoms with van der Waals surface area (Å²) in [7, 11) is 0. The van der Waals surface area contributed by atoms with Crippen molar-refractivity contribution in [3.63, 3.8) is 0 Å². The van der Waals surface area contributed by atoms with E-state index in [0.717, 1.165) is 23.5 Å². The Hall–Kier alpha value is -3.31. The molecule has 1 unspecified atom stereocenters. The second kappa shape index (κ2) is 9.67. The van der Waals surface area contributed by atoms with E-state index in [1.807, 2.05) is 12.3 Å². The quantitative estimate of drug-likeness (QED) is 0.201. The van der Waals surface area contributed by atoms with Crippen molar-refractivity contribution < 1.29 is 24.0 Å². The molecule has 0 amide bonds. The minimum atomic E-state index is -1.17. The van der Waals surface area contributed by atoms with Gasteiger partial charge in [-0.3, -0.25) is 19.7 Å². The number of H-pyrrole nitrogens is 1. The van der Waals surface area contributed by atoms with Crippen LogP contribution in [-0.4, -0.2) is 38.5 Å². The number of rotatable bonds is 8. The number of aryl methyl sites for hydroxylation is 2. The average Bonchev–Trinajstić information content (AvgIpc) is 3.28. The normalized spacial score (nSPS) is 11.8. The number of aromatic nitrogens is 2. The Labute approximate surface area is 197 Å². The lowest BCUT2D eigenvalue weighted by Crippen LogP contribution is -2.25. The number of nitrogens with zero attached hydrogens (tertiary/aromatic N) is 2. The molecule has 172 valence electrons. The lowest BCUT2D eigenvalue weighted by Gasteiger charge is -2.12. The number of Topliss-reactive ketones (excluding diaryl/α,β-unsaturated/α-hetero) is 2. The highest BCUT2D eigenvalue weighted by Crippen LogP contribution is 2.37. The molecule has 2 heterocycles. The maximum absolute atomic E-state index is 12.8. The van der Waals surface area contributed by atoms with E-state index in [9.17, 15) is 24.5 Å². The number of ether oxygens (including phenoxy) is 1. The van der Waals surface area contributed by atoms with Gasteiger partial charge in [0.2, 0.25) is 5.78 Å². The van der Waals surface area contributed by atoms with Crippen LogP contribution in [0.1, 0.15) is 62.0 Å². The molecular weight excluding hydrogens is 466 g/mol. The minimum Gasteiger partial charge on any atom is -0.451 e. The first-order valence-corrected chi connectivity index (χ1v) is 11.5. The summed E-state index contributed by atoms with van der Waals surface area (Å²) in [6.45, 7) is 7.97. The van der Waals surface area contributed by atoms with E-state index in [0.29, 0.717) is 26.1 Å². The van der Waals surface area contributed by atoms with Gasteiger partial charge in [-0.25, -0.2) is 9.78 Å². The molecule has 11 heteroatoms. The Kier molecular flexibility index (Phi) is 7.13. The van der Waals surface area contributed by atoms with E-state index in [1.54, 1.807) is 13.8 Å². The summed E-state index contributed by atoms with van der Waals surface area (Å²) in [6, 6.07) is 3.99. The van der Waals surface area contributed by atoms with E-state index < -0.39 is 22.8 Å². The summed E-state index contributed by atoms with van der Waals surface area (Å²) in [4.78, 5) is 55.7. The van der Waals surface area contributed by atoms with Gasteiger partial charge in [-0.05, 0) is 52.3 Å². The van der Waals surface area contributed by atoms with E-state index in [-0.39, 0.29) is 22.7 Å². The van der Waals surface area contributed by atoms with E-state index in [2.05, 4.69) is 9.97 Å². The number of nitrogens with one attached hydrogen (secondary N) is 1. The van der Waals surface area contributed by atoms with E-state index in [1.165, 1.54) is 37.3 Å². The van der Waals surface area contributed by atoms with Gasteiger partial charge in [0.15, 0.2) is 16.2 Å². The summed E-state index contributed by atoms with van der Waals surface area (Å²) in [5.41, 5.74) is 2.16. The largest absolute Gasteiger partial charge is 0.451 e. The molecule has 3 aromatic rings. The van der Waals surface area contributed by atoms with Crippen molar-refractivity contribution >= 4 is 46.3 Å². The molecule has 0 aliphatic rings. The molecule has 1 aromatic carbocycles. The van der Waals surface area contributed by atoms with Gasteiger partial charge >= 0.3 is 5.97 Å². The van der Waals surface area contributed by atoms with Crippen molar-refractivity contribution in [1.82, 2.24) is 9.97 Å². The van der Waals surface area contributed by atoms with Crippen LogP contribution >= 0.6 is 23.1 Å². The molecule has 0 aliphatic carbocycles. The molecule has 0 fully saturated rings. The van der Waals surface area contributed by atoms with Gasteiger partial charge in [0.1, 0.15) is 0 Å². The van der Waals surface area contributed by atoms with Crippen LogP contribution < -0.4 is 0 Å². The number of thiazole rings is 1. The lowest BCUT2D eigenvalue weighted by atomic mass is 10.0. The summed E-state index contributed by atoms with van der Waals surface area (Å²) in [5, 5.41) is 13.4. The highest BCUT2D eigenvalue weighted by molar-refractivity contribution is 8.01. The first-order chi connectivity index (χ1) is 15.5. The van der Waals surface area contributed by atoms with Crippen LogP contribution in [0, 0.1) is 30.9 Å². The van der Waals surface area contributed by atoms with Gasteiger partial charge < -0.3 is 9.72 Å². The number of nitro groups is 1. The lowest BCUT2D eigenvalue weighted by molar-refractivity contribution is -0.387. The number of ketones is 2. The van der Waals surface area contributed by atoms with Crippen LogP contribution in [0.2, 0.25) is 0 Å². The van der Waals surface area contributed by atoms with Crippen molar-refractivity contribution in [2.45, 2.75) is 50.0 Å². The smallest absolute Gasteiger partial charge is 0.339 e. The van der Waals surface area contributed by atoms with E-state index in [4.69, 9.17) is 4.74 Å². The highest BCUT2D eigenvalue weighted by atomic mass is 32.2. The third kappa shape index (κ3) is 5.20. The highest BCUT2D eigenvalue weighted by Gasteiger charge is 2.27. The maximum Gasteiger partial charge on any atom is 0.339 e. The topological polar surface area (TPSA) is 132 Å². The summed E-state index contributed by atoms with van der Waals surface area (Å²) in [5.74, 6) is -1.55. The number of aromatic amines is 1. The van der Waals surface area contributed by atoms with Crippen LogP contribution in [0.3, 0.4) is 0 Å². The number of carbonyl (C=O) groups is 3. The van der Waals surface area contributed by atoms with Crippen molar-refractivity contribution in [2.24, 2.45) is 0 Å². The van der Waals surface area contributed by atoms with Crippen molar-refractivity contribution in [1.29, 1.82) is 0 Å². The molecule has 0 saturated carbocycles. The van der Waals surface area contributed by atoms with Crippen LogP contribution in [0.4, 0.5) is 5.69 Å². The molecule has 1 atom stereocenters. The summed E-state index contributed by atoms with van der Waals surface area (Å²) >= 11 is 2.50. The molecule has 2 aromatic heterocycles. The molecule has 9 nitrogen and oxygen atoms in total. The molecule has 33 heavy (non-hydrogen) atoms. The van der Waals surface area contributed by atoms with Gasteiger partial charge in [-0.2, -0.15) is 0 Å². The fourth-order valence-corrected chi connectivity index (χ4v) is 5.24. The standard InChI is InChI=1S/C22H21N3O6S2/c1-10-9-32-22(23-10)33-17-7-6-15(8-16(17)25(29)30)21(28)31-14(5)20(27)19-11(2)18(13(4)26)12(3)24-19/h6-9,14,24H,1-5H3. The Bertz CT molecular complexity index is 1280. The number of esters is 1. The Morgan fingerprint density at radius 2 is 1.94 bits per heavy atom. The van der Waals surface area contributed by atoms with Crippen molar-refractivity contribution in [3.8, 4) is 0 Å². The minimum absolute atomic E-state index is 0.0511. The second-order valence-electron chi connectivity index (χ2n) is 7.39. The predicted molar refractivity (Wildman–Crippen MR) is 124 cm³/mol. The molecular formula is C22H21N3O6S2. The van der Waals surface area contributed by atoms with Gasteiger partial charge in [-0.15, -0.1) is 11.3 Å². The van der Waals surface area contributed by atoms with Gasteiger partial charge in [0.25, 0.3) is 5.69 Å². The monoisotopic (exact) mass is 487 g/mol. The van der Waals surface area contributed by atoms with Crippen LogP contribution in [0.25, 0.3) is 0 Å². The predicted octanol–water partition coefficient (Wildman–Crippen LogP) is 5.09. The molecule has 1 N–H and O–H groups in total. The first-order valence-electron chi connectivity index (χ1n) is 9.83. The van der Waals surface area contributed by atoms with Gasteiger partial charge in [0, 0.05) is 28.4 Å². The molecule has 0 spiro atoms. The second-order valence-corrected chi connectivity index (χ2v) is 9.54. The summed E-state index contributed by atoms with van der Waals surface area (Å²) < 4.78 is 5.93. The average molecular weight is 488 g/mol. The first kappa shape index (κ1) is 24.3. The zero-order valence-electron chi connectivity index (χ0n) is 18.5. The SMILES string of the molecule is CC(=O)c1c(C)[nH]c(C(=O)C(C)OC(=O)c2ccc(Sc3nc(C)cs3)c([N+](=O)[O-])c2)c1C. The molecule has 0 aliphatic heterocycles. The zero-order valence-corrected chi connectivity index (χ0v) is 20.2. The van der Waals surface area contributed by atoms with E-state index >= 15 is 0 Å². The van der Waals surface area contributed by atoms with Gasteiger partial charge in [0.05, 0.1) is 21.1 Å². The third-order valence-electron chi connectivity index (χ3n) is 4.88. The number of nitro benzene ring substituents is 1. The number of carbonyl (C=O) groups excluding carboxylic acids is 3. The molecule has 3 rings (SSSR count). The van der Waals surface area contributed by atoms with Gasteiger partial charge in [-0.1, -0.05) is 11.8 Å². The number of benzene rings is 1. The molecule has 0 saturated heterocycles. The fraction of sp³-hybridized carbons (Fsp3) is 0.273. The van der Waals surface area contributed by atoms with Crippen molar-refractivity contribution in [3.05, 3.63) is 67.5 Å². The Balaban J connectivity index is 1.80. The van der Waals surface area contributed by atoms with Crippen LogP contribution in [-0.2, 0) is 4.74 Å². The zero-order chi connectivity index (χ0) is 24.4. The Morgan fingerprint density at radius 1 is 1.24 bits per heavy atom. The fourth-order valence-electron chi connectivity index (χ4n) is 3.36. The number of hydrogen-bond acceptors (Lipinski definition) is 9. The third-order valence-corrected chi connectivity index (χ3v) is 7.00. The van der Waals surface area contributed by atoms with Crippen LogP contribution in [0.15, 0.2) is 32.8 Å². The maximum atomic E-state index is 12.8. The van der Waals surface area contributed by atoms with Crippen LogP contribution in [0.5, 0.6) is 0 Å². The molecule has 0 radical (unpaired) electrons.